The number of aromatic nitrogens is 4. The first kappa shape index (κ1) is 21.9. The van der Waals surface area contributed by atoms with Gasteiger partial charge in [0.2, 0.25) is 5.91 Å². The predicted molar refractivity (Wildman–Crippen MR) is 116 cm³/mol. The van der Waals surface area contributed by atoms with Crippen LogP contribution in [0.2, 0.25) is 0 Å². The van der Waals surface area contributed by atoms with Gasteiger partial charge in [0, 0.05) is 32.3 Å². The molecule has 32 heavy (non-hydrogen) atoms. The van der Waals surface area contributed by atoms with Crippen LogP contribution in [0.25, 0.3) is 11.5 Å². The van der Waals surface area contributed by atoms with Crippen molar-refractivity contribution in [1.29, 1.82) is 0 Å². The van der Waals surface area contributed by atoms with Crippen LogP contribution in [0.15, 0.2) is 33.5 Å². The van der Waals surface area contributed by atoms with Crippen molar-refractivity contribution in [2.24, 2.45) is 5.92 Å². The largest absolute Gasteiger partial charge is 0.467 e. The van der Waals surface area contributed by atoms with Gasteiger partial charge in [-0.2, -0.15) is 4.98 Å². The molecule has 1 fully saturated rings. The van der Waals surface area contributed by atoms with Gasteiger partial charge in [-0.25, -0.2) is 9.97 Å². The lowest BCUT2D eigenvalue weighted by molar-refractivity contribution is -0.125. The smallest absolute Gasteiger partial charge is 0.263 e. The number of nitrogens with zero attached hydrogens (tertiary/aromatic N) is 5. The van der Waals surface area contributed by atoms with E-state index in [9.17, 15) is 9.90 Å². The fraction of sp³-hybridized carbons (Fsp3) is 0.500. The Labute approximate surface area is 186 Å². The fourth-order valence-corrected chi connectivity index (χ4v) is 3.84. The van der Waals surface area contributed by atoms with Crippen LogP contribution in [0.1, 0.15) is 49.7 Å². The van der Waals surface area contributed by atoms with Gasteiger partial charge in [-0.3, -0.25) is 4.79 Å². The van der Waals surface area contributed by atoms with Gasteiger partial charge in [0.25, 0.3) is 5.89 Å². The molecule has 0 aliphatic carbocycles. The maximum Gasteiger partial charge on any atom is 0.263 e. The van der Waals surface area contributed by atoms with E-state index in [1.807, 2.05) is 13.8 Å². The maximum absolute atomic E-state index is 12.8. The summed E-state index contributed by atoms with van der Waals surface area (Å²) >= 11 is 0. The van der Waals surface area contributed by atoms with E-state index in [0.29, 0.717) is 60.6 Å². The number of rotatable bonds is 8. The van der Waals surface area contributed by atoms with E-state index in [1.165, 1.54) is 6.26 Å². The van der Waals surface area contributed by atoms with E-state index in [4.69, 9.17) is 8.94 Å². The molecule has 2 N–H and O–H groups in total. The number of carbonyl (C=O) groups excluding carboxylic acids is 1. The number of aliphatic hydroxyl groups excluding tert-OH is 1. The van der Waals surface area contributed by atoms with Gasteiger partial charge < -0.3 is 24.3 Å². The Morgan fingerprint density at radius 2 is 2.28 bits per heavy atom. The minimum absolute atomic E-state index is 0.0280. The standard InChI is InChI=1S/C22H28N6O4/c1-3-19-26-22(32-27-19)16-12-24-14(2)25-20(16)28-10-4-6-15(13-28)21(30)23-9-8-17(29)18-7-5-11-31-18/h5,7,11-12,15,17,29H,3-4,6,8-10,13H2,1-2H3,(H,23,30). The van der Waals surface area contributed by atoms with Crippen LogP contribution >= 0.6 is 0 Å². The third kappa shape index (κ3) is 4.96. The highest BCUT2D eigenvalue weighted by Crippen LogP contribution is 2.31. The highest BCUT2D eigenvalue weighted by molar-refractivity contribution is 5.80. The number of hydrogen-bond acceptors (Lipinski definition) is 9. The van der Waals surface area contributed by atoms with Crippen LogP contribution in [0.5, 0.6) is 0 Å². The molecule has 3 aromatic rings. The molecule has 3 aromatic heterocycles. The number of nitrogens with one attached hydrogen (secondary N) is 1. The van der Waals surface area contributed by atoms with Crippen molar-refractivity contribution in [2.75, 3.05) is 24.5 Å². The zero-order chi connectivity index (χ0) is 22.5. The fourth-order valence-electron chi connectivity index (χ4n) is 3.84. The molecular formula is C22H28N6O4. The number of furan rings is 1. The normalized spacial score (nSPS) is 17.3. The minimum Gasteiger partial charge on any atom is -0.467 e. The van der Waals surface area contributed by atoms with Gasteiger partial charge in [0.1, 0.15) is 29.1 Å². The average Bonchev–Trinajstić information content (AvgIpc) is 3.51. The monoisotopic (exact) mass is 440 g/mol. The first-order chi connectivity index (χ1) is 15.5. The summed E-state index contributed by atoms with van der Waals surface area (Å²) in [4.78, 5) is 28.2. The first-order valence-electron chi connectivity index (χ1n) is 11.0. The van der Waals surface area contributed by atoms with Crippen LogP contribution < -0.4 is 10.2 Å². The Morgan fingerprint density at radius 1 is 1.41 bits per heavy atom. The molecule has 1 amide bonds. The van der Waals surface area contributed by atoms with E-state index >= 15 is 0 Å². The molecule has 10 nitrogen and oxygen atoms in total. The second kappa shape index (κ2) is 9.90. The molecule has 4 heterocycles. The zero-order valence-electron chi connectivity index (χ0n) is 18.3. The van der Waals surface area contributed by atoms with E-state index in [-0.39, 0.29) is 11.8 Å². The van der Waals surface area contributed by atoms with Crippen LogP contribution in [-0.2, 0) is 11.2 Å². The van der Waals surface area contributed by atoms with E-state index in [1.54, 1.807) is 18.3 Å². The number of amides is 1. The molecule has 4 rings (SSSR count). The number of aliphatic hydroxyl groups is 1. The van der Waals surface area contributed by atoms with Crippen molar-refractivity contribution in [3.63, 3.8) is 0 Å². The van der Waals surface area contributed by atoms with Crippen molar-refractivity contribution >= 4 is 11.7 Å². The average molecular weight is 441 g/mol. The molecule has 0 aromatic carbocycles. The molecule has 1 saturated heterocycles. The molecule has 0 bridgehead atoms. The third-order valence-corrected chi connectivity index (χ3v) is 5.58. The maximum atomic E-state index is 12.8. The van der Waals surface area contributed by atoms with Crippen molar-refractivity contribution in [3.8, 4) is 11.5 Å². The Balaban J connectivity index is 1.41. The molecule has 2 unspecified atom stereocenters. The van der Waals surface area contributed by atoms with Crippen molar-refractivity contribution in [2.45, 2.75) is 45.6 Å². The molecule has 0 spiro atoms. The first-order valence-corrected chi connectivity index (χ1v) is 11.0. The zero-order valence-corrected chi connectivity index (χ0v) is 18.3. The molecular weight excluding hydrogens is 412 g/mol. The van der Waals surface area contributed by atoms with Gasteiger partial charge >= 0.3 is 0 Å². The summed E-state index contributed by atoms with van der Waals surface area (Å²) in [6.45, 7) is 5.47. The second-order valence-electron chi connectivity index (χ2n) is 7.92. The van der Waals surface area contributed by atoms with Gasteiger partial charge in [-0.1, -0.05) is 12.1 Å². The summed E-state index contributed by atoms with van der Waals surface area (Å²) in [6, 6.07) is 3.45. The van der Waals surface area contributed by atoms with Crippen molar-refractivity contribution in [3.05, 3.63) is 42.0 Å². The SMILES string of the molecule is CCc1noc(-c2cnc(C)nc2N2CCCC(C(=O)NCCC(O)c3ccco3)C2)n1. The minimum atomic E-state index is -0.734. The topological polar surface area (TPSA) is 130 Å². The number of piperidine rings is 1. The lowest BCUT2D eigenvalue weighted by Crippen LogP contribution is -2.44. The van der Waals surface area contributed by atoms with Crippen molar-refractivity contribution < 1.29 is 18.8 Å². The Bertz CT molecular complexity index is 1030. The lowest BCUT2D eigenvalue weighted by Gasteiger charge is -2.33. The third-order valence-electron chi connectivity index (χ3n) is 5.58. The van der Waals surface area contributed by atoms with Gasteiger partial charge in [0.15, 0.2) is 5.82 Å². The number of hydrogen-bond donors (Lipinski definition) is 2. The van der Waals surface area contributed by atoms with Crippen LogP contribution in [0.3, 0.4) is 0 Å². The molecule has 1 aliphatic rings. The number of aryl methyl sites for hydroxylation is 2. The summed E-state index contributed by atoms with van der Waals surface area (Å²) in [5.41, 5.74) is 0.672. The number of carbonyl (C=O) groups is 1. The Kier molecular flexibility index (Phi) is 6.79. The second-order valence-corrected chi connectivity index (χ2v) is 7.92. The van der Waals surface area contributed by atoms with E-state index in [2.05, 4.69) is 30.3 Å². The molecule has 1 aliphatic heterocycles. The Hall–Kier alpha value is -3.27. The summed E-state index contributed by atoms with van der Waals surface area (Å²) in [5.74, 6) is 2.64. The molecule has 10 heteroatoms. The molecule has 0 saturated carbocycles. The van der Waals surface area contributed by atoms with Crippen LogP contribution in [0, 0.1) is 12.8 Å². The molecule has 2 atom stereocenters. The van der Waals surface area contributed by atoms with Gasteiger partial charge in [0.05, 0.1) is 12.2 Å². The summed E-state index contributed by atoms with van der Waals surface area (Å²) in [7, 11) is 0. The van der Waals surface area contributed by atoms with Gasteiger partial charge in [-0.15, -0.1) is 0 Å². The number of anilines is 1. The van der Waals surface area contributed by atoms with Crippen LogP contribution in [0.4, 0.5) is 5.82 Å². The highest BCUT2D eigenvalue weighted by Gasteiger charge is 2.29. The van der Waals surface area contributed by atoms with Gasteiger partial charge in [-0.05, 0) is 38.3 Å². The Morgan fingerprint density at radius 3 is 3.03 bits per heavy atom. The summed E-state index contributed by atoms with van der Waals surface area (Å²) in [5, 5.41) is 17.0. The van der Waals surface area contributed by atoms with Crippen molar-refractivity contribution in [1.82, 2.24) is 25.4 Å². The summed E-state index contributed by atoms with van der Waals surface area (Å²) < 4.78 is 10.6. The van der Waals surface area contributed by atoms with E-state index < -0.39 is 6.10 Å². The predicted octanol–water partition coefficient (Wildman–Crippen LogP) is 2.45. The molecule has 170 valence electrons. The van der Waals surface area contributed by atoms with Crippen LogP contribution in [-0.4, -0.2) is 50.8 Å². The highest BCUT2D eigenvalue weighted by atomic mass is 16.5. The molecule has 0 radical (unpaired) electrons. The lowest BCUT2D eigenvalue weighted by atomic mass is 9.96. The summed E-state index contributed by atoms with van der Waals surface area (Å²) in [6.07, 6.45) is 5.21. The van der Waals surface area contributed by atoms with E-state index in [0.717, 1.165) is 19.4 Å². The quantitative estimate of drug-likeness (QED) is 0.542.